The van der Waals surface area contributed by atoms with Crippen LogP contribution in [0.15, 0.2) is 12.2 Å². The van der Waals surface area contributed by atoms with Gasteiger partial charge in [-0.3, -0.25) is 9.59 Å². The molecule has 84 valence electrons. The summed E-state index contributed by atoms with van der Waals surface area (Å²) < 4.78 is 4.29. The lowest BCUT2D eigenvalue weighted by molar-refractivity contribution is -0.155. The van der Waals surface area contributed by atoms with Gasteiger partial charge in [0.05, 0.1) is 13.5 Å². The molecule has 1 unspecified atom stereocenters. The van der Waals surface area contributed by atoms with Crippen molar-refractivity contribution >= 4 is 17.9 Å². The van der Waals surface area contributed by atoms with Crippen LogP contribution in [0.5, 0.6) is 0 Å². The first-order valence-corrected chi connectivity index (χ1v) is 3.98. The summed E-state index contributed by atoms with van der Waals surface area (Å²) in [6, 6.07) is 0. The van der Waals surface area contributed by atoms with E-state index in [1.165, 1.54) is 0 Å². The van der Waals surface area contributed by atoms with Crippen molar-refractivity contribution in [3.8, 4) is 0 Å². The molecule has 0 spiro atoms. The molecule has 0 aromatic heterocycles. The van der Waals surface area contributed by atoms with Gasteiger partial charge in [0, 0.05) is 5.57 Å². The Morgan fingerprint density at radius 1 is 1.33 bits per heavy atom. The van der Waals surface area contributed by atoms with Crippen LogP contribution in [0.4, 0.5) is 0 Å². The lowest BCUT2D eigenvalue weighted by Gasteiger charge is -2.23. The van der Waals surface area contributed by atoms with Crippen LogP contribution >= 0.6 is 0 Å². The smallest absolute Gasteiger partial charge is 0.332 e. The summed E-state index contributed by atoms with van der Waals surface area (Å²) in [5, 5.41) is 17.5. The Hall–Kier alpha value is -1.85. The Kier molecular flexibility index (Phi) is 4.02. The summed E-state index contributed by atoms with van der Waals surface area (Å²) in [6.45, 7) is 4.26. The molecular formula is C9H12O6. The molecule has 0 fully saturated rings. The van der Waals surface area contributed by atoms with Crippen molar-refractivity contribution in [2.75, 3.05) is 7.11 Å². The number of ether oxygens (including phenoxy) is 1. The second kappa shape index (κ2) is 4.59. The Labute approximate surface area is 86.2 Å². The Morgan fingerprint density at radius 3 is 2.07 bits per heavy atom. The first kappa shape index (κ1) is 13.2. The fraction of sp³-hybridized carbons (Fsp3) is 0.444. The topological polar surface area (TPSA) is 101 Å². The Bertz CT molecular complexity index is 319. The number of carboxylic acids is 2. The van der Waals surface area contributed by atoms with E-state index in [2.05, 4.69) is 11.3 Å². The highest BCUT2D eigenvalue weighted by Gasteiger charge is 2.42. The molecule has 2 N–H and O–H groups in total. The minimum absolute atomic E-state index is 0.555. The largest absolute Gasteiger partial charge is 0.481 e. The van der Waals surface area contributed by atoms with Gasteiger partial charge in [0.2, 0.25) is 0 Å². The van der Waals surface area contributed by atoms with Gasteiger partial charge < -0.3 is 14.9 Å². The summed E-state index contributed by atoms with van der Waals surface area (Å²) in [6.07, 6.45) is -0.566. The zero-order valence-corrected chi connectivity index (χ0v) is 8.44. The summed E-state index contributed by atoms with van der Waals surface area (Å²) in [5.74, 6) is -3.69. The van der Waals surface area contributed by atoms with Crippen molar-refractivity contribution in [1.29, 1.82) is 0 Å². The van der Waals surface area contributed by atoms with E-state index in [-0.39, 0.29) is 0 Å². The van der Waals surface area contributed by atoms with Crippen LogP contribution in [-0.2, 0) is 19.1 Å². The molecule has 0 aromatic carbocycles. The number of rotatable bonds is 5. The lowest BCUT2D eigenvalue weighted by Crippen LogP contribution is -2.35. The van der Waals surface area contributed by atoms with E-state index in [0.717, 1.165) is 14.0 Å². The molecule has 0 aliphatic heterocycles. The molecule has 1 atom stereocenters. The van der Waals surface area contributed by atoms with E-state index in [0.29, 0.717) is 0 Å². The van der Waals surface area contributed by atoms with Crippen LogP contribution in [0.3, 0.4) is 0 Å². The average Bonchev–Trinajstić information content (AvgIpc) is 2.15. The normalized spacial score (nSPS) is 13.7. The molecular weight excluding hydrogens is 204 g/mol. The fourth-order valence-electron chi connectivity index (χ4n) is 0.908. The predicted molar refractivity (Wildman–Crippen MR) is 49.2 cm³/mol. The third-order valence-corrected chi connectivity index (χ3v) is 2.12. The van der Waals surface area contributed by atoms with E-state index in [4.69, 9.17) is 10.2 Å². The van der Waals surface area contributed by atoms with Crippen molar-refractivity contribution in [1.82, 2.24) is 0 Å². The summed E-state index contributed by atoms with van der Waals surface area (Å²) >= 11 is 0. The minimum atomic E-state index is -1.85. The molecule has 15 heavy (non-hydrogen) atoms. The van der Waals surface area contributed by atoms with Gasteiger partial charge in [-0.05, 0) is 6.92 Å². The summed E-state index contributed by atoms with van der Waals surface area (Å²) in [7, 11) is 1.09. The molecule has 0 bridgehead atoms. The molecule has 0 rings (SSSR count). The molecule has 0 saturated heterocycles. The molecule has 0 heterocycles. The third kappa shape index (κ3) is 2.80. The van der Waals surface area contributed by atoms with E-state index >= 15 is 0 Å². The molecule has 0 aromatic rings. The SMILES string of the molecule is C=C(C(=O)O)C(C)(CC(=O)OC)C(=O)O. The molecule has 0 aliphatic rings. The van der Waals surface area contributed by atoms with Gasteiger partial charge in [-0.2, -0.15) is 0 Å². The number of carboxylic acid groups (broad SMARTS) is 2. The molecule has 0 amide bonds. The van der Waals surface area contributed by atoms with Crippen molar-refractivity contribution in [2.24, 2.45) is 5.41 Å². The van der Waals surface area contributed by atoms with Gasteiger partial charge in [-0.1, -0.05) is 6.58 Å². The van der Waals surface area contributed by atoms with Crippen LogP contribution in [0.25, 0.3) is 0 Å². The molecule has 0 saturated carbocycles. The van der Waals surface area contributed by atoms with Crippen LogP contribution in [-0.4, -0.2) is 35.2 Å². The highest BCUT2D eigenvalue weighted by Crippen LogP contribution is 2.30. The van der Waals surface area contributed by atoms with E-state index in [1.54, 1.807) is 0 Å². The van der Waals surface area contributed by atoms with Gasteiger partial charge in [0.1, 0.15) is 5.41 Å². The molecule has 6 nitrogen and oxygen atoms in total. The second-order valence-corrected chi connectivity index (χ2v) is 3.17. The molecule has 0 radical (unpaired) electrons. The van der Waals surface area contributed by atoms with Crippen LogP contribution < -0.4 is 0 Å². The maximum absolute atomic E-state index is 10.9. The van der Waals surface area contributed by atoms with Crippen molar-refractivity contribution < 1.29 is 29.3 Å². The van der Waals surface area contributed by atoms with E-state index < -0.39 is 35.3 Å². The first-order chi connectivity index (χ1) is 6.75. The Morgan fingerprint density at radius 2 is 1.80 bits per heavy atom. The second-order valence-electron chi connectivity index (χ2n) is 3.17. The molecule has 6 heteroatoms. The van der Waals surface area contributed by atoms with Gasteiger partial charge in [0.25, 0.3) is 0 Å². The summed E-state index contributed by atoms with van der Waals surface area (Å²) in [5.41, 5.74) is -2.40. The maximum Gasteiger partial charge on any atom is 0.332 e. The van der Waals surface area contributed by atoms with Crippen LogP contribution in [0.2, 0.25) is 0 Å². The zero-order chi connectivity index (χ0) is 12.2. The first-order valence-electron chi connectivity index (χ1n) is 3.98. The van der Waals surface area contributed by atoms with Crippen molar-refractivity contribution in [3.05, 3.63) is 12.2 Å². The summed E-state index contributed by atoms with van der Waals surface area (Å²) in [4.78, 5) is 32.4. The standard InChI is InChI=1S/C9H12O6/c1-5(7(11)12)9(2,8(13)14)4-6(10)15-3/h1,4H2,2-3H3,(H,11,12)(H,13,14). The van der Waals surface area contributed by atoms with Gasteiger partial charge in [-0.15, -0.1) is 0 Å². The number of carbonyl (C=O) groups excluding carboxylic acids is 1. The predicted octanol–water partition coefficient (Wildman–Crippen LogP) is 0.281. The fourth-order valence-corrected chi connectivity index (χ4v) is 0.908. The number of hydrogen-bond donors (Lipinski definition) is 2. The number of hydrogen-bond acceptors (Lipinski definition) is 4. The molecule has 0 aliphatic carbocycles. The van der Waals surface area contributed by atoms with Gasteiger partial charge in [-0.25, -0.2) is 4.79 Å². The van der Waals surface area contributed by atoms with Gasteiger partial charge >= 0.3 is 17.9 Å². The monoisotopic (exact) mass is 216 g/mol. The number of aliphatic carboxylic acids is 2. The van der Waals surface area contributed by atoms with Crippen molar-refractivity contribution in [2.45, 2.75) is 13.3 Å². The quantitative estimate of drug-likeness (QED) is 0.505. The highest BCUT2D eigenvalue weighted by atomic mass is 16.5. The highest BCUT2D eigenvalue weighted by molar-refractivity contribution is 5.97. The number of esters is 1. The van der Waals surface area contributed by atoms with E-state index in [9.17, 15) is 14.4 Å². The average molecular weight is 216 g/mol. The van der Waals surface area contributed by atoms with E-state index in [1.807, 2.05) is 0 Å². The van der Waals surface area contributed by atoms with Crippen molar-refractivity contribution in [3.63, 3.8) is 0 Å². The lowest BCUT2D eigenvalue weighted by atomic mass is 9.80. The minimum Gasteiger partial charge on any atom is -0.481 e. The zero-order valence-electron chi connectivity index (χ0n) is 8.44. The van der Waals surface area contributed by atoms with Crippen LogP contribution in [0, 0.1) is 5.41 Å². The number of carbonyl (C=O) groups is 3. The maximum atomic E-state index is 10.9. The third-order valence-electron chi connectivity index (χ3n) is 2.12. The van der Waals surface area contributed by atoms with Gasteiger partial charge in [0.15, 0.2) is 0 Å². The van der Waals surface area contributed by atoms with Crippen LogP contribution in [0.1, 0.15) is 13.3 Å². The Balaban J connectivity index is 5.07. The number of methoxy groups -OCH3 is 1.